The lowest BCUT2D eigenvalue weighted by Crippen LogP contribution is -2.54. The van der Waals surface area contributed by atoms with E-state index in [-0.39, 0.29) is 12.0 Å². The normalized spacial score (nSPS) is 36.6. The molecule has 3 unspecified atom stereocenters. The summed E-state index contributed by atoms with van der Waals surface area (Å²) in [5, 5.41) is 20.4. The van der Waals surface area contributed by atoms with Crippen LogP contribution < -0.4 is 0 Å². The van der Waals surface area contributed by atoms with Gasteiger partial charge in [0.1, 0.15) is 0 Å². The van der Waals surface area contributed by atoms with Crippen molar-refractivity contribution >= 4 is 0 Å². The number of rotatable bonds is 3. The van der Waals surface area contributed by atoms with Crippen LogP contribution in [-0.4, -0.2) is 22.4 Å². The average Bonchev–Trinajstić information content (AvgIpc) is 2.15. The number of hydrogen-bond donors (Lipinski definition) is 2. The highest BCUT2D eigenvalue weighted by atomic mass is 16.3. The van der Waals surface area contributed by atoms with Crippen molar-refractivity contribution in [1.82, 2.24) is 0 Å². The predicted octanol–water partition coefficient (Wildman–Crippen LogP) is 2.58. The monoisotopic (exact) mass is 214 g/mol. The van der Waals surface area contributed by atoms with Gasteiger partial charge >= 0.3 is 0 Å². The lowest BCUT2D eigenvalue weighted by molar-refractivity contribution is -0.151. The Hall–Kier alpha value is -0.0800. The molecule has 2 heteroatoms. The Labute approximate surface area is 93.7 Å². The van der Waals surface area contributed by atoms with E-state index in [1.165, 1.54) is 6.42 Å². The van der Waals surface area contributed by atoms with E-state index in [1.807, 2.05) is 6.92 Å². The van der Waals surface area contributed by atoms with Gasteiger partial charge in [-0.2, -0.15) is 0 Å². The van der Waals surface area contributed by atoms with Gasteiger partial charge in [-0.25, -0.2) is 0 Å². The molecule has 0 aliphatic heterocycles. The van der Waals surface area contributed by atoms with Crippen molar-refractivity contribution in [2.45, 2.75) is 59.0 Å². The van der Waals surface area contributed by atoms with E-state index in [0.717, 1.165) is 19.3 Å². The van der Waals surface area contributed by atoms with Crippen molar-refractivity contribution in [2.75, 3.05) is 6.61 Å². The standard InChI is InChI=1S/C13H26O2/c1-10(2)12(4,9-14)13(15)7-5-6-11(3)8-13/h10-11,14-15H,5-9H2,1-4H3. The molecule has 0 amide bonds. The highest BCUT2D eigenvalue weighted by Crippen LogP contribution is 2.47. The Balaban J connectivity index is 2.90. The minimum Gasteiger partial charge on any atom is -0.396 e. The molecule has 0 saturated heterocycles. The quantitative estimate of drug-likeness (QED) is 0.758. The molecule has 1 saturated carbocycles. The second-order valence-corrected chi connectivity index (χ2v) is 5.96. The van der Waals surface area contributed by atoms with Gasteiger partial charge in [0, 0.05) is 5.41 Å². The summed E-state index contributed by atoms with van der Waals surface area (Å²) in [4.78, 5) is 0. The van der Waals surface area contributed by atoms with E-state index in [1.54, 1.807) is 0 Å². The molecule has 0 radical (unpaired) electrons. The molecule has 1 rings (SSSR count). The van der Waals surface area contributed by atoms with Crippen LogP contribution in [0, 0.1) is 17.3 Å². The Morgan fingerprint density at radius 2 is 2.07 bits per heavy atom. The molecule has 0 aromatic carbocycles. The first-order valence-electron chi connectivity index (χ1n) is 6.19. The van der Waals surface area contributed by atoms with Crippen LogP contribution in [0.4, 0.5) is 0 Å². The zero-order valence-corrected chi connectivity index (χ0v) is 10.6. The largest absolute Gasteiger partial charge is 0.396 e. The molecule has 2 nitrogen and oxygen atoms in total. The van der Waals surface area contributed by atoms with Crippen molar-refractivity contribution in [3.63, 3.8) is 0 Å². The third kappa shape index (κ3) is 2.21. The first-order valence-corrected chi connectivity index (χ1v) is 6.19. The molecule has 1 aliphatic carbocycles. The van der Waals surface area contributed by atoms with Crippen LogP contribution in [0.1, 0.15) is 53.4 Å². The van der Waals surface area contributed by atoms with Crippen molar-refractivity contribution in [2.24, 2.45) is 17.3 Å². The lowest BCUT2D eigenvalue weighted by atomic mass is 9.60. The summed E-state index contributed by atoms with van der Waals surface area (Å²) < 4.78 is 0. The van der Waals surface area contributed by atoms with Crippen molar-refractivity contribution in [3.05, 3.63) is 0 Å². The summed E-state index contributed by atoms with van der Waals surface area (Å²) >= 11 is 0. The fraction of sp³-hybridized carbons (Fsp3) is 1.00. The Bertz CT molecular complexity index is 215. The third-order valence-corrected chi connectivity index (χ3v) is 4.64. The lowest BCUT2D eigenvalue weighted by Gasteiger charge is -2.50. The average molecular weight is 214 g/mol. The van der Waals surface area contributed by atoms with Gasteiger partial charge in [-0.1, -0.05) is 40.5 Å². The molecule has 0 aromatic heterocycles. The Morgan fingerprint density at radius 3 is 2.47 bits per heavy atom. The summed E-state index contributed by atoms with van der Waals surface area (Å²) in [5.74, 6) is 0.881. The first kappa shape index (κ1) is 13.0. The maximum absolute atomic E-state index is 10.8. The van der Waals surface area contributed by atoms with Crippen molar-refractivity contribution in [1.29, 1.82) is 0 Å². The zero-order valence-electron chi connectivity index (χ0n) is 10.6. The molecule has 0 aromatic rings. The van der Waals surface area contributed by atoms with E-state index in [4.69, 9.17) is 0 Å². The van der Waals surface area contributed by atoms with Crippen molar-refractivity contribution in [3.8, 4) is 0 Å². The van der Waals surface area contributed by atoms with Gasteiger partial charge in [-0.3, -0.25) is 0 Å². The van der Waals surface area contributed by atoms with Gasteiger partial charge in [-0.15, -0.1) is 0 Å². The van der Waals surface area contributed by atoms with Crippen LogP contribution in [0.15, 0.2) is 0 Å². The Morgan fingerprint density at radius 1 is 1.47 bits per heavy atom. The van der Waals surface area contributed by atoms with E-state index >= 15 is 0 Å². The fourth-order valence-corrected chi connectivity index (χ4v) is 2.91. The summed E-state index contributed by atoms with van der Waals surface area (Å²) in [6.07, 6.45) is 3.97. The second-order valence-electron chi connectivity index (χ2n) is 5.96. The topological polar surface area (TPSA) is 40.5 Å². The number of aliphatic hydroxyl groups excluding tert-OH is 1. The molecule has 1 aliphatic rings. The van der Waals surface area contributed by atoms with E-state index in [9.17, 15) is 10.2 Å². The van der Waals surface area contributed by atoms with E-state index in [0.29, 0.717) is 11.8 Å². The highest BCUT2D eigenvalue weighted by molar-refractivity contribution is 5.00. The molecule has 2 N–H and O–H groups in total. The smallest absolute Gasteiger partial charge is 0.0728 e. The predicted molar refractivity (Wildman–Crippen MR) is 62.6 cm³/mol. The number of hydrogen-bond acceptors (Lipinski definition) is 2. The van der Waals surface area contributed by atoms with Gasteiger partial charge in [0.25, 0.3) is 0 Å². The van der Waals surface area contributed by atoms with Crippen LogP contribution in [0.5, 0.6) is 0 Å². The molecular weight excluding hydrogens is 188 g/mol. The second kappa shape index (κ2) is 4.42. The SMILES string of the molecule is CC1CCCC(O)(C(C)(CO)C(C)C)C1. The molecule has 15 heavy (non-hydrogen) atoms. The minimum absolute atomic E-state index is 0.0773. The Kier molecular flexibility index (Phi) is 3.83. The fourth-order valence-electron chi connectivity index (χ4n) is 2.91. The molecular formula is C13H26O2. The van der Waals surface area contributed by atoms with Crippen molar-refractivity contribution < 1.29 is 10.2 Å². The third-order valence-electron chi connectivity index (χ3n) is 4.64. The van der Waals surface area contributed by atoms with Gasteiger partial charge in [0.15, 0.2) is 0 Å². The maximum atomic E-state index is 10.8. The first-order chi connectivity index (χ1) is 6.85. The molecule has 0 bridgehead atoms. The molecule has 1 fully saturated rings. The summed E-state index contributed by atoms with van der Waals surface area (Å²) in [7, 11) is 0. The van der Waals surface area contributed by atoms with Gasteiger partial charge in [0.2, 0.25) is 0 Å². The molecule has 0 heterocycles. The summed E-state index contributed by atoms with van der Waals surface area (Å²) in [5.41, 5.74) is -1.03. The van der Waals surface area contributed by atoms with Gasteiger partial charge in [-0.05, 0) is 24.7 Å². The molecule has 90 valence electrons. The zero-order chi connectivity index (χ0) is 11.7. The van der Waals surface area contributed by atoms with E-state index in [2.05, 4.69) is 20.8 Å². The van der Waals surface area contributed by atoms with Crippen LogP contribution in [0.3, 0.4) is 0 Å². The minimum atomic E-state index is -0.673. The van der Waals surface area contributed by atoms with E-state index < -0.39 is 5.60 Å². The highest BCUT2D eigenvalue weighted by Gasteiger charge is 2.49. The van der Waals surface area contributed by atoms with Crippen LogP contribution in [-0.2, 0) is 0 Å². The maximum Gasteiger partial charge on any atom is 0.0728 e. The molecule has 3 atom stereocenters. The van der Waals surface area contributed by atoms with Crippen LogP contribution in [0.2, 0.25) is 0 Å². The van der Waals surface area contributed by atoms with Crippen LogP contribution >= 0.6 is 0 Å². The van der Waals surface area contributed by atoms with Gasteiger partial charge < -0.3 is 10.2 Å². The molecule has 0 spiro atoms. The van der Waals surface area contributed by atoms with Crippen LogP contribution in [0.25, 0.3) is 0 Å². The summed E-state index contributed by atoms with van der Waals surface area (Å²) in [6.45, 7) is 8.48. The van der Waals surface area contributed by atoms with Gasteiger partial charge in [0.05, 0.1) is 12.2 Å². The summed E-state index contributed by atoms with van der Waals surface area (Å²) in [6, 6.07) is 0. The number of aliphatic hydroxyl groups is 2.